The molecule has 0 spiro atoms. The maximum atomic E-state index is 12.1. The van der Waals surface area contributed by atoms with E-state index in [0.29, 0.717) is 81.8 Å². The molecule has 0 radical (unpaired) electrons. The summed E-state index contributed by atoms with van der Waals surface area (Å²) in [5.41, 5.74) is 2.46. The second kappa shape index (κ2) is 21.4. The Morgan fingerprint density at radius 2 is 1.05 bits per heavy atom. The number of rotatable bonds is 13. The summed E-state index contributed by atoms with van der Waals surface area (Å²) in [6, 6.07) is 28.5. The first kappa shape index (κ1) is 47.8. The molecule has 6 aromatic rings. The van der Waals surface area contributed by atoms with Crippen molar-refractivity contribution in [1.82, 2.24) is 29.9 Å². The molecule has 2 aliphatic rings. The maximum Gasteiger partial charge on any atom is 1.00 e. The number of ether oxygens (including phenoxy) is 2. The predicted molar refractivity (Wildman–Crippen MR) is 225 cm³/mol. The number of hydrogen-bond donors (Lipinski definition) is 2. The van der Waals surface area contributed by atoms with Gasteiger partial charge in [-0.3, -0.25) is 0 Å². The van der Waals surface area contributed by atoms with Crippen LogP contribution in [-0.4, -0.2) is 108 Å². The monoisotopic (exact) mass is 909 g/mol. The molecule has 0 atom stereocenters. The van der Waals surface area contributed by atoms with E-state index in [-0.39, 0.29) is 88.5 Å². The van der Waals surface area contributed by atoms with Crippen molar-refractivity contribution in [2.75, 3.05) is 77.9 Å². The van der Waals surface area contributed by atoms with Gasteiger partial charge in [0.05, 0.1) is 41.9 Å². The number of nitrogens with zero attached hydrogens (tertiary/aromatic N) is 9. The van der Waals surface area contributed by atoms with Crippen LogP contribution in [0, 0.1) is 0 Å². The molecular weight excluding hydrogens is 873 g/mol. The van der Waals surface area contributed by atoms with Crippen molar-refractivity contribution in [2.24, 2.45) is 0 Å². The van der Waals surface area contributed by atoms with E-state index < -0.39 is 30.0 Å². The second-order valence-electron chi connectivity index (χ2n) is 13.6. The first-order valence-electron chi connectivity index (χ1n) is 18.9. The maximum absolute atomic E-state index is 12.1. The van der Waals surface area contributed by atoms with Crippen LogP contribution in [0.25, 0.3) is 12.2 Å². The molecule has 8 rings (SSSR count). The average molecular weight is 910 g/mol. The van der Waals surface area contributed by atoms with Gasteiger partial charge in [-0.2, -0.15) is 29.9 Å². The SMILES string of the molecule is O=S(=O)([O-])c1ccc(C=Cc2ccc(N(c3nc(Nc4ccccc4)nc(N4CCOCC4)n3)c3nc(Nc4ccccc4)nc(N4CCOCC4)n3)cc2)c(S(=O)(=O)[O-])c1.[Na+].[Na+]. The van der Waals surface area contributed by atoms with Gasteiger partial charge in [-0.25, -0.2) is 21.7 Å². The van der Waals surface area contributed by atoms with Crippen molar-refractivity contribution < 1.29 is 94.5 Å². The third kappa shape index (κ3) is 12.3. The summed E-state index contributed by atoms with van der Waals surface area (Å²) in [7, 11) is -10.2. The fourth-order valence-corrected chi connectivity index (χ4v) is 7.66. The van der Waals surface area contributed by atoms with Crippen molar-refractivity contribution in [3.63, 3.8) is 0 Å². The van der Waals surface area contributed by atoms with Gasteiger partial charge in [0.25, 0.3) is 0 Å². The molecule has 0 bridgehead atoms. The Kier molecular flexibility index (Phi) is 16.2. The number of benzene rings is 4. The molecule has 0 amide bonds. The van der Waals surface area contributed by atoms with Gasteiger partial charge in [0.1, 0.15) is 20.2 Å². The number of nitrogens with one attached hydrogen (secondary N) is 2. The largest absolute Gasteiger partial charge is 1.00 e. The average Bonchev–Trinajstić information content (AvgIpc) is 3.27. The van der Waals surface area contributed by atoms with E-state index in [9.17, 15) is 25.9 Å². The van der Waals surface area contributed by atoms with Crippen LogP contribution in [0.4, 0.5) is 52.8 Å². The molecular formula is C40H37N11Na2O8S2. The van der Waals surface area contributed by atoms with Crippen molar-refractivity contribution in [3.8, 4) is 0 Å². The summed E-state index contributed by atoms with van der Waals surface area (Å²) in [5.74, 6) is 1.63. The minimum absolute atomic E-state index is 0. The van der Waals surface area contributed by atoms with E-state index in [1.807, 2.05) is 70.5 Å². The van der Waals surface area contributed by atoms with Gasteiger partial charge >= 0.3 is 59.1 Å². The van der Waals surface area contributed by atoms with Crippen LogP contribution in [-0.2, 0) is 29.7 Å². The van der Waals surface area contributed by atoms with Crippen LogP contribution >= 0.6 is 0 Å². The van der Waals surface area contributed by atoms with Crippen LogP contribution in [0.3, 0.4) is 0 Å². The van der Waals surface area contributed by atoms with Crippen molar-refractivity contribution in [1.29, 1.82) is 0 Å². The van der Waals surface area contributed by atoms with E-state index in [2.05, 4.69) is 10.6 Å². The van der Waals surface area contributed by atoms with Crippen molar-refractivity contribution in [2.45, 2.75) is 9.79 Å². The van der Waals surface area contributed by atoms with Gasteiger partial charge in [0.2, 0.25) is 35.7 Å². The fourth-order valence-electron chi connectivity index (χ4n) is 6.40. The Bertz CT molecular complexity index is 2650. The Morgan fingerprint density at radius 3 is 1.49 bits per heavy atom. The Hall–Kier alpha value is -4.62. The van der Waals surface area contributed by atoms with Crippen LogP contribution < -0.4 is 84.4 Å². The van der Waals surface area contributed by atoms with Gasteiger partial charge in [0, 0.05) is 37.6 Å². The molecule has 0 aliphatic carbocycles. The van der Waals surface area contributed by atoms with E-state index in [4.69, 9.17) is 39.4 Å². The molecule has 314 valence electrons. The van der Waals surface area contributed by atoms with Gasteiger partial charge in [-0.15, -0.1) is 0 Å². The zero-order valence-electron chi connectivity index (χ0n) is 34.2. The Labute approximate surface area is 408 Å². The van der Waals surface area contributed by atoms with Gasteiger partial charge < -0.3 is 39.0 Å². The molecule has 2 saturated heterocycles. The first-order chi connectivity index (χ1) is 29.5. The number of morpholine rings is 2. The normalized spacial score (nSPS) is 14.4. The molecule has 4 heterocycles. The Morgan fingerprint density at radius 1 is 0.571 bits per heavy atom. The summed E-state index contributed by atoms with van der Waals surface area (Å²) in [4.78, 5) is 33.3. The molecule has 0 unspecified atom stereocenters. The van der Waals surface area contributed by atoms with E-state index in [0.717, 1.165) is 23.5 Å². The summed E-state index contributed by atoms with van der Waals surface area (Å²) in [5, 5.41) is 6.60. The molecule has 19 nitrogen and oxygen atoms in total. The summed E-state index contributed by atoms with van der Waals surface area (Å²) in [6.07, 6.45) is 2.87. The minimum Gasteiger partial charge on any atom is -0.744 e. The van der Waals surface area contributed by atoms with Crippen LogP contribution in [0.1, 0.15) is 11.1 Å². The number of anilines is 9. The zero-order chi connectivity index (χ0) is 42.4. The summed E-state index contributed by atoms with van der Waals surface area (Å²) >= 11 is 0. The summed E-state index contributed by atoms with van der Waals surface area (Å²) < 4.78 is 82.2. The van der Waals surface area contributed by atoms with E-state index in [1.54, 1.807) is 29.2 Å². The number of para-hydroxylation sites is 2. The van der Waals surface area contributed by atoms with Crippen molar-refractivity contribution in [3.05, 3.63) is 114 Å². The van der Waals surface area contributed by atoms with Crippen molar-refractivity contribution >= 4 is 85.1 Å². The first-order valence-corrected chi connectivity index (χ1v) is 21.7. The zero-order valence-corrected chi connectivity index (χ0v) is 39.9. The summed E-state index contributed by atoms with van der Waals surface area (Å²) in [6.45, 7) is 4.09. The third-order valence-corrected chi connectivity index (χ3v) is 11.1. The van der Waals surface area contributed by atoms with Crippen LogP contribution in [0.5, 0.6) is 0 Å². The molecule has 2 fully saturated rings. The molecule has 4 aromatic carbocycles. The van der Waals surface area contributed by atoms with Gasteiger partial charge in [-0.1, -0.05) is 66.7 Å². The molecule has 0 saturated carbocycles. The molecule has 2 N–H and O–H groups in total. The molecule has 2 aliphatic heterocycles. The Balaban J connectivity index is 0.00000330. The van der Waals surface area contributed by atoms with E-state index >= 15 is 0 Å². The fraction of sp³-hybridized carbons (Fsp3) is 0.200. The molecule has 23 heteroatoms. The second-order valence-corrected chi connectivity index (χ2v) is 16.3. The van der Waals surface area contributed by atoms with Crippen LogP contribution in [0.2, 0.25) is 0 Å². The standard InChI is InChI=1S/C40H39N11O8S2.2Na/c52-60(53,54)33-18-15-29(34(27-33)61(55,56)57)14-11-28-12-16-32(17-13-28)51(39-45-35(41-30-7-3-1-4-8-30)43-37(47-39)49-19-23-58-24-20-49)40-46-36(42-31-9-5-2-6-10-31)44-38(48-40)50-21-25-59-26-22-50;;/h1-18,27H,19-26H2,(H,52,53,54)(H,55,56,57)(H,41,43,45,47)(H,42,44,46,48);;/q;2*+1/p-2. The number of hydrogen-bond acceptors (Lipinski definition) is 19. The van der Waals surface area contributed by atoms with Crippen LogP contribution in [0.15, 0.2) is 113 Å². The predicted octanol–water partition coefficient (Wildman–Crippen LogP) is -1.33. The minimum atomic E-state index is -5.15. The topological polar surface area (TPSA) is 244 Å². The van der Waals surface area contributed by atoms with E-state index in [1.165, 1.54) is 12.2 Å². The molecule has 2 aromatic heterocycles. The quantitative estimate of drug-likeness (QED) is 0.0775. The third-order valence-electron chi connectivity index (χ3n) is 9.42. The number of aromatic nitrogens is 6. The van der Waals surface area contributed by atoms with Gasteiger partial charge in [0.15, 0.2) is 0 Å². The smallest absolute Gasteiger partial charge is 0.744 e. The van der Waals surface area contributed by atoms with Gasteiger partial charge in [-0.05, 0) is 59.7 Å². The molecule has 63 heavy (non-hydrogen) atoms.